The Kier molecular flexibility index (Phi) is 3.72. The number of carbonyl (C=O) groups is 1. The summed E-state index contributed by atoms with van der Waals surface area (Å²) in [6.07, 6.45) is 0. The lowest BCUT2D eigenvalue weighted by atomic mass is 10.2. The highest BCUT2D eigenvalue weighted by Gasteiger charge is 2.17. The maximum Gasteiger partial charge on any atom is 0.304 e. The number of carbonyl (C=O) groups excluding carboxylic acids is 1. The summed E-state index contributed by atoms with van der Waals surface area (Å²) in [7, 11) is 0. The first-order valence-corrected chi connectivity index (χ1v) is 6.13. The Labute approximate surface area is 116 Å². The number of nitrogens with one attached hydrogen (secondary N) is 1. The number of nitrogens with zero attached hydrogens (tertiary/aromatic N) is 2. The van der Waals surface area contributed by atoms with E-state index in [1.54, 1.807) is 5.38 Å². The van der Waals surface area contributed by atoms with Crippen molar-refractivity contribution in [1.82, 2.24) is 0 Å². The molecule has 0 aliphatic carbocycles. The second-order valence-corrected chi connectivity index (χ2v) is 4.57. The van der Waals surface area contributed by atoms with Gasteiger partial charge in [-0.15, -0.1) is 11.3 Å². The van der Waals surface area contributed by atoms with Crippen molar-refractivity contribution in [2.24, 2.45) is 0 Å². The Morgan fingerprint density at radius 1 is 1.45 bits per heavy atom. The van der Waals surface area contributed by atoms with Crippen molar-refractivity contribution in [1.29, 1.82) is 5.26 Å². The van der Waals surface area contributed by atoms with Crippen molar-refractivity contribution in [3.63, 3.8) is 0 Å². The zero-order chi connectivity index (χ0) is 14.7. The molecule has 0 saturated heterocycles. The highest BCUT2D eigenvalue weighted by atomic mass is 32.1. The third-order valence-corrected chi connectivity index (χ3v) is 3.25. The van der Waals surface area contributed by atoms with E-state index < -0.39 is 22.3 Å². The summed E-state index contributed by atoms with van der Waals surface area (Å²) in [5.74, 6) is -1.73. The molecule has 1 aromatic carbocycles. The number of nitro benzene ring substituents is 1. The fraction of sp³-hybridized carbons (Fsp3) is 0. The predicted octanol–water partition coefficient (Wildman–Crippen LogP) is 2.92. The molecule has 8 heteroatoms. The molecule has 0 aliphatic rings. The Bertz CT molecular complexity index is 736. The topological polar surface area (TPSA) is 96.0 Å². The maximum absolute atomic E-state index is 13.4. The van der Waals surface area contributed by atoms with Gasteiger partial charge in [0.15, 0.2) is 0 Å². The fourth-order valence-corrected chi connectivity index (χ4v) is 2.20. The molecule has 20 heavy (non-hydrogen) atoms. The van der Waals surface area contributed by atoms with Gasteiger partial charge >= 0.3 is 5.69 Å². The van der Waals surface area contributed by atoms with Gasteiger partial charge in [0.1, 0.15) is 11.1 Å². The third-order valence-electron chi connectivity index (χ3n) is 2.42. The number of hydrogen-bond donors (Lipinski definition) is 1. The van der Waals surface area contributed by atoms with Gasteiger partial charge in [-0.2, -0.15) is 9.65 Å². The van der Waals surface area contributed by atoms with Gasteiger partial charge in [-0.25, -0.2) is 0 Å². The summed E-state index contributed by atoms with van der Waals surface area (Å²) >= 11 is 1.15. The number of hydrogen-bond acceptors (Lipinski definition) is 5. The van der Waals surface area contributed by atoms with Gasteiger partial charge in [0.2, 0.25) is 5.82 Å². The van der Waals surface area contributed by atoms with Gasteiger partial charge < -0.3 is 5.32 Å². The number of rotatable bonds is 3. The summed E-state index contributed by atoms with van der Waals surface area (Å²) in [4.78, 5) is 21.5. The maximum atomic E-state index is 13.4. The molecule has 1 amide bonds. The van der Waals surface area contributed by atoms with Crippen LogP contribution in [0.1, 0.15) is 15.9 Å². The van der Waals surface area contributed by atoms with E-state index in [4.69, 9.17) is 5.26 Å². The summed E-state index contributed by atoms with van der Waals surface area (Å²) < 4.78 is 13.4. The van der Waals surface area contributed by atoms with Crippen LogP contribution < -0.4 is 5.32 Å². The molecule has 1 aromatic heterocycles. The van der Waals surface area contributed by atoms with Crippen LogP contribution in [0.4, 0.5) is 15.1 Å². The number of halogens is 1. The van der Waals surface area contributed by atoms with Crippen molar-refractivity contribution >= 4 is 27.9 Å². The highest BCUT2D eigenvalue weighted by Crippen LogP contribution is 2.24. The van der Waals surface area contributed by atoms with Crippen molar-refractivity contribution in [3.05, 3.63) is 56.7 Å². The molecule has 0 radical (unpaired) electrons. The fourth-order valence-electron chi connectivity index (χ4n) is 1.47. The van der Waals surface area contributed by atoms with E-state index in [1.807, 2.05) is 6.07 Å². The molecular formula is C12H6FN3O3S. The summed E-state index contributed by atoms with van der Waals surface area (Å²) in [6, 6.07) is 6.29. The summed E-state index contributed by atoms with van der Waals surface area (Å²) in [5, 5.41) is 23.7. The van der Waals surface area contributed by atoms with E-state index in [9.17, 15) is 19.3 Å². The largest absolute Gasteiger partial charge is 0.312 e. The first-order chi connectivity index (χ1) is 9.52. The standard InChI is InChI=1S/C12H6FN3O3S/c13-9-5-7(1-2-10(9)16(18)19)11(17)15-12-8(6-14)3-4-20-12/h1-5H,(H,15,17). The minimum atomic E-state index is -1.09. The second-order valence-electron chi connectivity index (χ2n) is 3.65. The first kappa shape index (κ1) is 13.6. The van der Waals surface area contributed by atoms with Gasteiger partial charge in [0.05, 0.1) is 10.5 Å². The zero-order valence-electron chi connectivity index (χ0n) is 9.79. The molecule has 6 nitrogen and oxygen atoms in total. The average molecular weight is 291 g/mol. The number of nitriles is 1. The van der Waals surface area contributed by atoms with Crippen molar-refractivity contribution in [2.45, 2.75) is 0 Å². The molecule has 2 rings (SSSR count). The zero-order valence-corrected chi connectivity index (χ0v) is 10.6. The molecule has 0 spiro atoms. The van der Waals surface area contributed by atoms with Crippen LogP contribution >= 0.6 is 11.3 Å². The molecule has 0 saturated carbocycles. The number of thiophene rings is 1. The lowest BCUT2D eigenvalue weighted by Gasteiger charge is -2.03. The van der Waals surface area contributed by atoms with Crippen LogP contribution in [-0.2, 0) is 0 Å². The second kappa shape index (κ2) is 5.46. The van der Waals surface area contributed by atoms with Gasteiger partial charge in [-0.3, -0.25) is 14.9 Å². The normalized spacial score (nSPS) is 9.80. The van der Waals surface area contributed by atoms with Crippen LogP contribution in [-0.4, -0.2) is 10.8 Å². The molecular weight excluding hydrogens is 285 g/mol. The van der Waals surface area contributed by atoms with Crippen molar-refractivity contribution in [3.8, 4) is 6.07 Å². The lowest BCUT2D eigenvalue weighted by Crippen LogP contribution is -2.12. The Morgan fingerprint density at radius 3 is 2.80 bits per heavy atom. The van der Waals surface area contributed by atoms with Gasteiger partial charge in [0, 0.05) is 11.6 Å². The molecule has 0 fully saturated rings. The molecule has 100 valence electrons. The van der Waals surface area contributed by atoms with Gasteiger partial charge in [0.25, 0.3) is 5.91 Å². The Morgan fingerprint density at radius 2 is 2.20 bits per heavy atom. The molecule has 1 N–H and O–H groups in total. The van der Waals surface area contributed by atoms with E-state index in [0.29, 0.717) is 10.6 Å². The van der Waals surface area contributed by atoms with Crippen LogP contribution in [0.5, 0.6) is 0 Å². The van der Waals surface area contributed by atoms with Crippen LogP contribution in [0.3, 0.4) is 0 Å². The van der Waals surface area contributed by atoms with Crippen molar-refractivity contribution in [2.75, 3.05) is 5.32 Å². The predicted molar refractivity (Wildman–Crippen MR) is 70.0 cm³/mol. The van der Waals surface area contributed by atoms with E-state index in [1.165, 1.54) is 6.07 Å². The van der Waals surface area contributed by atoms with Gasteiger partial charge in [-0.05, 0) is 23.6 Å². The summed E-state index contributed by atoms with van der Waals surface area (Å²) in [5.41, 5.74) is -0.466. The highest BCUT2D eigenvalue weighted by molar-refractivity contribution is 7.14. The van der Waals surface area contributed by atoms with Crippen LogP contribution in [0.15, 0.2) is 29.6 Å². The first-order valence-electron chi connectivity index (χ1n) is 5.26. The van der Waals surface area contributed by atoms with Crippen LogP contribution in [0, 0.1) is 27.3 Å². The number of nitro groups is 1. The van der Waals surface area contributed by atoms with Crippen molar-refractivity contribution < 1.29 is 14.1 Å². The Balaban J connectivity index is 2.24. The molecule has 2 aromatic rings. The minimum absolute atomic E-state index is 0.0645. The molecule has 1 heterocycles. The quantitative estimate of drug-likeness (QED) is 0.694. The average Bonchev–Trinajstić information content (AvgIpc) is 2.85. The van der Waals surface area contributed by atoms with Crippen LogP contribution in [0.2, 0.25) is 0 Å². The molecule has 0 bridgehead atoms. The number of anilines is 1. The molecule has 0 aliphatic heterocycles. The number of benzene rings is 1. The van der Waals surface area contributed by atoms with E-state index in [2.05, 4.69) is 5.32 Å². The van der Waals surface area contributed by atoms with E-state index in [-0.39, 0.29) is 5.56 Å². The monoisotopic (exact) mass is 291 g/mol. The molecule has 0 unspecified atom stereocenters. The van der Waals surface area contributed by atoms with Crippen LogP contribution in [0.25, 0.3) is 0 Å². The summed E-state index contributed by atoms with van der Waals surface area (Å²) in [6.45, 7) is 0. The Hall–Kier alpha value is -2.79. The lowest BCUT2D eigenvalue weighted by molar-refractivity contribution is -0.387. The van der Waals surface area contributed by atoms with Gasteiger partial charge in [-0.1, -0.05) is 0 Å². The smallest absolute Gasteiger partial charge is 0.304 e. The van der Waals surface area contributed by atoms with E-state index >= 15 is 0 Å². The minimum Gasteiger partial charge on any atom is -0.312 e. The third kappa shape index (κ3) is 2.62. The SMILES string of the molecule is N#Cc1ccsc1NC(=O)c1ccc([N+](=O)[O-])c(F)c1. The molecule has 0 atom stereocenters. The van der Waals surface area contributed by atoms with E-state index in [0.717, 1.165) is 29.5 Å². The number of amides is 1.